The molecule has 0 aromatic heterocycles. The predicted octanol–water partition coefficient (Wildman–Crippen LogP) is 0.469. The summed E-state index contributed by atoms with van der Waals surface area (Å²) in [6, 6.07) is 6.11. The van der Waals surface area contributed by atoms with E-state index in [2.05, 4.69) is 10.6 Å². The monoisotopic (exact) mass is 321 g/mol. The van der Waals surface area contributed by atoms with Crippen LogP contribution in [0.5, 0.6) is 0 Å². The SMILES string of the molecule is CC[C@@H](CO)NC(=O)C(=O)Nc1cccc(N2CCOC2=O)c1. The van der Waals surface area contributed by atoms with Crippen molar-refractivity contribution >= 4 is 29.3 Å². The normalized spacial score (nSPS) is 15.0. The number of nitrogens with zero attached hydrogens (tertiary/aromatic N) is 1. The fourth-order valence-corrected chi connectivity index (χ4v) is 2.10. The van der Waals surface area contributed by atoms with E-state index in [9.17, 15) is 14.4 Å². The molecule has 0 spiro atoms. The largest absolute Gasteiger partial charge is 0.447 e. The number of hydrogen-bond acceptors (Lipinski definition) is 5. The summed E-state index contributed by atoms with van der Waals surface area (Å²) in [6.45, 7) is 2.31. The summed E-state index contributed by atoms with van der Waals surface area (Å²) in [7, 11) is 0. The highest BCUT2D eigenvalue weighted by Crippen LogP contribution is 2.22. The van der Waals surface area contributed by atoms with Crippen LogP contribution in [0.3, 0.4) is 0 Å². The Morgan fingerprint density at radius 3 is 2.78 bits per heavy atom. The Bertz CT molecular complexity index is 601. The Morgan fingerprint density at radius 1 is 1.39 bits per heavy atom. The van der Waals surface area contributed by atoms with Gasteiger partial charge in [-0.05, 0) is 24.6 Å². The van der Waals surface area contributed by atoms with E-state index in [1.54, 1.807) is 31.2 Å². The van der Waals surface area contributed by atoms with Crippen molar-refractivity contribution in [1.29, 1.82) is 0 Å². The molecule has 1 aromatic carbocycles. The lowest BCUT2D eigenvalue weighted by Crippen LogP contribution is -2.43. The van der Waals surface area contributed by atoms with E-state index >= 15 is 0 Å². The van der Waals surface area contributed by atoms with E-state index in [-0.39, 0.29) is 6.61 Å². The number of aliphatic hydroxyl groups excluding tert-OH is 1. The average molecular weight is 321 g/mol. The summed E-state index contributed by atoms with van der Waals surface area (Å²) in [4.78, 5) is 36.6. The van der Waals surface area contributed by atoms with Crippen molar-refractivity contribution in [3.05, 3.63) is 24.3 Å². The summed E-state index contributed by atoms with van der Waals surface area (Å²) in [6.07, 6.45) is 0.0715. The minimum absolute atomic E-state index is 0.234. The average Bonchev–Trinajstić information content (AvgIpc) is 2.98. The van der Waals surface area contributed by atoms with Crippen molar-refractivity contribution in [2.24, 2.45) is 0 Å². The third-order valence-corrected chi connectivity index (χ3v) is 3.43. The molecule has 1 saturated heterocycles. The van der Waals surface area contributed by atoms with Crippen LogP contribution in [-0.4, -0.2) is 48.8 Å². The van der Waals surface area contributed by atoms with Crippen LogP contribution >= 0.6 is 0 Å². The second kappa shape index (κ2) is 7.59. The van der Waals surface area contributed by atoms with E-state index in [1.165, 1.54) is 4.90 Å². The molecule has 8 nitrogen and oxygen atoms in total. The Kier molecular flexibility index (Phi) is 5.53. The molecular weight excluding hydrogens is 302 g/mol. The van der Waals surface area contributed by atoms with Crippen LogP contribution in [0.1, 0.15) is 13.3 Å². The van der Waals surface area contributed by atoms with Gasteiger partial charge in [-0.3, -0.25) is 14.5 Å². The zero-order valence-corrected chi connectivity index (χ0v) is 12.7. The Balaban J connectivity index is 2.01. The van der Waals surface area contributed by atoms with Crippen LogP contribution in [0.4, 0.5) is 16.2 Å². The predicted molar refractivity (Wildman–Crippen MR) is 83.1 cm³/mol. The van der Waals surface area contributed by atoms with Crippen LogP contribution in [0.15, 0.2) is 24.3 Å². The first-order valence-electron chi connectivity index (χ1n) is 7.32. The minimum atomic E-state index is -0.835. The van der Waals surface area contributed by atoms with Gasteiger partial charge in [-0.2, -0.15) is 0 Å². The van der Waals surface area contributed by atoms with Crippen molar-refractivity contribution in [2.75, 3.05) is 30.0 Å². The van der Waals surface area contributed by atoms with Gasteiger partial charge in [0.25, 0.3) is 0 Å². The molecule has 3 N–H and O–H groups in total. The number of benzene rings is 1. The maximum atomic E-state index is 11.9. The fraction of sp³-hybridized carbons (Fsp3) is 0.400. The number of cyclic esters (lactones) is 1. The van der Waals surface area contributed by atoms with Gasteiger partial charge in [0.05, 0.1) is 19.2 Å². The highest BCUT2D eigenvalue weighted by Gasteiger charge is 2.24. The zero-order valence-electron chi connectivity index (χ0n) is 12.7. The molecule has 23 heavy (non-hydrogen) atoms. The molecular formula is C15H19N3O5. The van der Waals surface area contributed by atoms with E-state index in [1.807, 2.05) is 0 Å². The maximum absolute atomic E-state index is 11.9. The molecule has 1 atom stereocenters. The smallest absolute Gasteiger partial charge is 0.414 e. The molecule has 124 valence electrons. The summed E-state index contributed by atoms with van der Waals surface area (Å²) in [5.74, 6) is -1.66. The van der Waals surface area contributed by atoms with E-state index in [4.69, 9.17) is 9.84 Å². The molecule has 1 fully saturated rings. The summed E-state index contributed by atoms with van der Waals surface area (Å²) < 4.78 is 4.86. The number of carbonyl (C=O) groups excluding carboxylic acids is 3. The number of nitrogens with one attached hydrogen (secondary N) is 2. The molecule has 1 aromatic rings. The second-order valence-electron chi connectivity index (χ2n) is 5.03. The van der Waals surface area contributed by atoms with Crippen LogP contribution in [0.2, 0.25) is 0 Å². The zero-order chi connectivity index (χ0) is 16.8. The topological polar surface area (TPSA) is 108 Å². The van der Waals surface area contributed by atoms with Crippen LogP contribution in [-0.2, 0) is 14.3 Å². The Hall–Kier alpha value is -2.61. The minimum Gasteiger partial charge on any atom is -0.447 e. The second-order valence-corrected chi connectivity index (χ2v) is 5.03. The lowest BCUT2D eigenvalue weighted by atomic mass is 10.2. The first-order valence-corrected chi connectivity index (χ1v) is 7.32. The molecule has 0 aliphatic carbocycles. The van der Waals surface area contributed by atoms with Crippen molar-refractivity contribution < 1.29 is 24.2 Å². The van der Waals surface area contributed by atoms with Gasteiger partial charge in [0.1, 0.15) is 6.61 Å². The third kappa shape index (κ3) is 4.19. The van der Waals surface area contributed by atoms with Gasteiger partial charge in [-0.25, -0.2) is 4.79 Å². The van der Waals surface area contributed by atoms with Gasteiger partial charge < -0.3 is 20.5 Å². The van der Waals surface area contributed by atoms with Gasteiger partial charge >= 0.3 is 17.9 Å². The first kappa shape index (κ1) is 16.8. The van der Waals surface area contributed by atoms with Crippen molar-refractivity contribution in [2.45, 2.75) is 19.4 Å². The molecule has 2 rings (SSSR count). The van der Waals surface area contributed by atoms with Gasteiger partial charge in [-0.15, -0.1) is 0 Å². The van der Waals surface area contributed by atoms with Gasteiger partial charge in [0.15, 0.2) is 0 Å². The highest BCUT2D eigenvalue weighted by molar-refractivity contribution is 6.39. The van der Waals surface area contributed by atoms with E-state index < -0.39 is 23.9 Å². The molecule has 8 heteroatoms. The van der Waals surface area contributed by atoms with E-state index in [0.717, 1.165) is 0 Å². The number of rotatable bonds is 5. The van der Waals surface area contributed by atoms with Crippen LogP contribution < -0.4 is 15.5 Å². The molecule has 1 aliphatic heterocycles. The molecule has 0 unspecified atom stereocenters. The lowest BCUT2D eigenvalue weighted by Gasteiger charge is -2.15. The summed E-state index contributed by atoms with van der Waals surface area (Å²) in [5.41, 5.74) is 0.965. The van der Waals surface area contributed by atoms with Gasteiger partial charge in [-0.1, -0.05) is 13.0 Å². The van der Waals surface area contributed by atoms with Crippen LogP contribution in [0.25, 0.3) is 0 Å². The Morgan fingerprint density at radius 2 is 2.17 bits per heavy atom. The quantitative estimate of drug-likeness (QED) is 0.683. The standard InChI is InChI=1S/C15H19N3O5/c1-2-10(9-19)16-13(20)14(21)17-11-4-3-5-12(8-11)18-6-7-23-15(18)22/h3-5,8,10,19H,2,6-7,9H2,1H3,(H,16,20)(H,17,21)/t10-/m0/s1. The molecule has 1 heterocycles. The first-order chi connectivity index (χ1) is 11.0. The van der Waals surface area contributed by atoms with Crippen molar-refractivity contribution in [3.8, 4) is 0 Å². The number of aliphatic hydroxyl groups is 1. The molecule has 1 aliphatic rings. The number of anilines is 2. The van der Waals surface area contributed by atoms with Crippen molar-refractivity contribution in [1.82, 2.24) is 5.32 Å². The maximum Gasteiger partial charge on any atom is 0.414 e. The Labute approximate surface area is 133 Å². The number of amides is 3. The molecule has 3 amide bonds. The van der Waals surface area contributed by atoms with E-state index in [0.29, 0.717) is 30.9 Å². The third-order valence-electron chi connectivity index (χ3n) is 3.43. The van der Waals surface area contributed by atoms with Crippen LogP contribution in [0, 0.1) is 0 Å². The summed E-state index contributed by atoms with van der Waals surface area (Å²) >= 11 is 0. The summed E-state index contributed by atoms with van der Waals surface area (Å²) in [5, 5.41) is 13.9. The number of ether oxygens (including phenoxy) is 1. The highest BCUT2D eigenvalue weighted by atomic mass is 16.6. The van der Waals surface area contributed by atoms with Gasteiger partial charge in [0.2, 0.25) is 0 Å². The fourth-order valence-electron chi connectivity index (χ4n) is 2.10. The molecule has 0 saturated carbocycles. The number of carbonyl (C=O) groups is 3. The molecule has 0 radical (unpaired) electrons. The van der Waals surface area contributed by atoms with Gasteiger partial charge in [0, 0.05) is 11.4 Å². The number of hydrogen-bond donors (Lipinski definition) is 3. The van der Waals surface area contributed by atoms with Crippen molar-refractivity contribution in [3.63, 3.8) is 0 Å². The molecule has 0 bridgehead atoms. The lowest BCUT2D eigenvalue weighted by molar-refractivity contribution is -0.136.